The van der Waals surface area contributed by atoms with Crippen LogP contribution in [-0.4, -0.2) is 58.7 Å². The van der Waals surface area contributed by atoms with Crippen LogP contribution in [0.25, 0.3) is 10.9 Å². The van der Waals surface area contributed by atoms with Crippen LogP contribution in [-0.2, 0) is 11.8 Å². The van der Waals surface area contributed by atoms with Gasteiger partial charge < -0.3 is 24.8 Å². The molecule has 3 N–H and O–H groups in total. The lowest BCUT2D eigenvalue weighted by Crippen LogP contribution is -2.39. The minimum absolute atomic E-state index is 0.0569. The van der Waals surface area contributed by atoms with Gasteiger partial charge in [-0.3, -0.25) is 9.59 Å². The Bertz CT molecular complexity index is 1260. The van der Waals surface area contributed by atoms with Gasteiger partial charge in [-0.05, 0) is 37.1 Å². The minimum atomic E-state index is -4.79. The summed E-state index contributed by atoms with van der Waals surface area (Å²) in [6.45, 7) is 2.18. The fourth-order valence-corrected chi connectivity index (χ4v) is 5.76. The average molecular weight is 505 g/mol. The molecule has 2 aromatic rings. The molecule has 2 saturated heterocycles. The Balaban J connectivity index is 1.24. The summed E-state index contributed by atoms with van der Waals surface area (Å²) in [4.78, 5) is 30.0. The van der Waals surface area contributed by atoms with E-state index in [0.717, 1.165) is 0 Å². The van der Waals surface area contributed by atoms with Crippen molar-refractivity contribution in [2.45, 2.75) is 25.6 Å². The Kier molecular flexibility index (Phi) is 5.92. The summed E-state index contributed by atoms with van der Waals surface area (Å²) in [5, 5.41) is 3.96. The number of halogens is 3. The first-order valence-electron chi connectivity index (χ1n) is 11.8. The molecule has 36 heavy (non-hydrogen) atoms. The predicted molar refractivity (Wildman–Crippen MR) is 123 cm³/mol. The van der Waals surface area contributed by atoms with Crippen molar-refractivity contribution in [2.75, 3.05) is 26.2 Å². The van der Waals surface area contributed by atoms with Crippen molar-refractivity contribution in [2.24, 2.45) is 35.6 Å². The molecule has 0 bridgehead atoms. The third-order valence-electron chi connectivity index (χ3n) is 7.61. The lowest BCUT2D eigenvalue weighted by molar-refractivity contribution is -0.274. The number of hydrogen-bond donors (Lipinski definition) is 2. The molecule has 1 aromatic heterocycles. The average Bonchev–Trinajstić information content (AvgIpc) is 3.49. The van der Waals surface area contributed by atoms with E-state index in [1.54, 1.807) is 22.6 Å². The van der Waals surface area contributed by atoms with Crippen LogP contribution < -0.4 is 10.5 Å². The lowest BCUT2D eigenvalue weighted by Gasteiger charge is -2.28. The maximum Gasteiger partial charge on any atom is 0.573 e. The number of likely N-dealkylation sites (tertiary alicyclic amines) is 2. The number of amides is 2. The Labute approximate surface area is 205 Å². The van der Waals surface area contributed by atoms with E-state index in [2.05, 4.69) is 9.85 Å². The Hall–Kier alpha value is -3.57. The number of fused-ring (bicyclic) bond motifs is 2. The van der Waals surface area contributed by atoms with E-state index in [0.29, 0.717) is 73.4 Å². The van der Waals surface area contributed by atoms with Crippen LogP contribution in [0, 0.1) is 23.3 Å². The third kappa shape index (κ3) is 4.40. The first kappa shape index (κ1) is 24.1. The summed E-state index contributed by atoms with van der Waals surface area (Å²) in [6, 6.07) is 5.59. The molecule has 1 aromatic carbocycles. The van der Waals surface area contributed by atoms with Crippen LogP contribution in [0.3, 0.4) is 0 Å². The number of benzene rings is 1. The molecular formula is C24H27F3N6O3. The van der Waals surface area contributed by atoms with E-state index in [1.165, 1.54) is 18.2 Å². The zero-order chi connectivity index (χ0) is 25.8. The molecule has 1 aliphatic carbocycles. The monoisotopic (exact) mass is 504 g/mol. The first-order chi connectivity index (χ1) is 17.0. The second-order valence-corrected chi connectivity index (χ2v) is 9.85. The molecular weight excluding hydrogens is 477 g/mol. The van der Waals surface area contributed by atoms with Crippen LogP contribution in [0.5, 0.6) is 5.75 Å². The van der Waals surface area contributed by atoms with E-state index < -0.39 is 6.36 Å². The van der Waals surface area contributed by atoms with Crippen LogP contribution in [0.1, 0.15) is 29.8 Å². The highest BCUT2D eigenvalue weighted by atomic mass is 19.4. The van der Waals surface area contributed by atoms with E-state index in [1.807, 2.05) is 4.90 Å². The van der Waals surface area contributed by atoms with Gasteiger partial charge in [0, 0.05) is 74.0 Å². The zero-order valence-electron chi connectivity index (χ0n) is 19.7. The van der Waals surface area contributed by atoms with Gasteiger partial charge in [0.15, 0.2) is 0 Å². The predicted octanol–water partition coefficient (Wildman–Crippen LogP) is 3.61. The van der Waals surface area contributed by atoms with Crippen molar-refractivity contribution in [3.05, 3.63) is 41.4 Å². The molecule has 2 amide bonds. The number of aromatic nitrogens is 1. The summed E-state index contributed by atoms with van der Waals surface area (Å²) in [6.07, 6.45) is -3.19. The van der Waals surface area contributed by atoms with Gasteiger partial charge in [0.05, 0.1) is 5.70 Å². The first-order valence-corrected chi connectivity index (χ1v) is 11.8. The molecule has 0 unspecified atom stereocenters. The van der Waals surface area contributed by atoms with Crippen molar-refractivity contribution in [1.82, 2.24) is 14.4 Å². The van der Waals surface area contributed by atoms with Gasteiger partial charge in [-0.15, -0.1) is 13.2 Å². The number of alkyl halides is 3. The number of nitrogens with one attached hydrogen (secondary N) is 1. The van der Waals surface area contributed by atoms with Crippen molar-refractivity contribution in [3.8, 4) is 5.75 Å². The van der Waals surface area contributed by atoms with Gasteiger partial charge >= 0.3 is 6.36 Å². The second-order valence-electron chi connectivity index (χ2n) is 9.85. The fraction of sp³-hybridized carbons (Fsp3) is 0.500. The molecule has 0 saturated carbocycles. The number of carbonyl (C=O) groups is 2. The molecule has 12 heteroatoms. The number of nitrogens with two attached hydrogens (primary N) is 1. The van der Waals surface area contributed by atoms with Gasteiger partial charge in [0.25, 0.3) is 5.91 Å². The maximum atomic E-state index is 13.3. The number of ether oxygens (including phenoxy) is 1. The van der Waals surface area contributed by atoms with Gasteiger partial charge in [-0.2, -0.15) is 5.11 Å². The highest BCUT2D eigenvalue weighted by molar-refractivity contribution is 5.99. The number of aryl methyl sites for hydroxylation is 1. The van der Waals surface area contributed by atoms with Crippen molar-refractivity contribution in [1.29, 1.82) is 5.53 Å². The van der Waals surface area contributed by atoms with Gasteiger partial charge in [-0.1, -0.05) is 0 Å². The molecule has 5 rings (SSSR count). The normalized spacial score (nSPS) is 24.4. The van der Waals surface area contributed by atoms with Crippen LogP contribution >= 0.6 is 0 Å². The molecule has 0 spiro atoms. The molecule has 3 atom stereocenters. The SMILES string of the molecule is Cn1c(C(=O)N2C[C@@H]3CN(C(=O)[C@@H]4CCC(N)=C(N=N)C4)C[C@H]3C2)cc2cc(OC(F)(F)F)ccc21. The summed E-state index contributed by atoms with van der Waals surface area (Å²) in [5.74, 6) is -0.345. The fourth-order valence-electron chi connectivity index (χ4n) is 5.76. The third-order valence-corrected chi connectivity index (χ3v) is 7.61. The Morgan fingerprint density at radius 2 is 1.78 bits per heavy atom. The number of allylic oxidation sites excluding steroid dienone is 2. The largest absolute Gasteiger partial charge is 0.573 e. The van der Waals surface area contributed by atoms with Gasteiger partial charge in [0.2, 0.25) is 5.91 Å². The van der Waals surface area contributed by atoms with E-state index in [4.69, 9.17) is 11.3 Å². The second kappa shape index (κ2) is 8.82. The Morgan fingerprint density at radius 3 is 2.42 bits per heavy atom. The van der Waals surface area contributed by atoms with Crippen LogP contribution in [0.15, 0.2) is 40.8 Å². The van der Waals surface area contributed by atoms with E-state index in [-0.39, 0.29) is 35.3 Å². The van der Waals surface area contributed by atoms with Gasteiger partial charge in [-0.25, -0.2) is 5.53 Å². The quantitative estimate of drug-likeness (QED) is 0.619. The van der Waals surface area contributed by atoms with Gasteiger partial charge in [0.1, 0.15) is 11.4 Å². The highest BCUT2D eigenvalue weighted by Crippen LogP contribution is 2.36. The summed E-state index contributed by atoms with van der Waals surface area (Å²) < 4.78 is 43.4. The molecule has 0 radical (unpaired) electrons. The highest BCUT2D eigenvalue weighted by Gasteiger charge is 2.45. The lowest BCUT2D eigenvalue weighted by atomic mass is 9.89. The van der Waals surface area contributed by atoms with Crippen LogP contribution in [0.4, 0.5) is 13.2 Å². The van der Waals surface area contributed by atoms with Crippen molar-refractivity contribution >= 4 is 22.7 Å². The maximum absolute atomic E-state index is 13.3. The van der Waals surface area contributed by atoms with E-state index >= 15 is 0 Å². The minimum Gasteiger partial charge on any atom is -0.406 e. The molecule has 9 nitrogen and oxygen atoms in total. The number of nitrogens with zero attached hydrogens (tertiary/aromatic N) is 4. The molecule has 3 aliphatic rings. The van der Waals surface area contributed by atoms with Crippen molar-refractivity contribution in [3.63, 3.8) is 0 Å². The number of carbonyl (C=O) groups excluding carboxylic acids is 2. The smallest absolute Gasteiger partial charge is 0.406 e. The summed E-state index contributed by atoms with van der Waals surface area (Å²) in [7, 11) is 1.71. The number of hydrogen-bond acceptors (Lipinski definition) is 6. The summed E-state index contributed by atoms with van der Waals surface area (Å²) in [5.41, 5.74) is 15.3. The molecule has 192 valence electrons. The zero-order valence-corrected chi connectivity index (χ0v) is 19.7. The Morgan fingerprint density at radius 1 is 1.11 bits per heavy atom. The molecule has 2 fully saturated rings. The topological polar surface area (TPSA) is 117 Å². The van der Waals surface area contributed by atoms with Crippen LogP contribution in [0.2, 0.25) is 0 Å². The summed E-state index contributed by atoms with van der Waals surface area (Å²) >= 11 is 0. The molecule has 3 heterocycles. The number of rotatable bonds is 4. The molecule has 2 aliphatic heterocycles. The van der Waals surface area contributed by atoms with Crippen molar-refractivity contribution < 1.29 is 27.5 Å². The van der Waals surface area contributed by atoms with E-state index in [9.17, 15) is 22.8 Å². The standard InChI is InChI=1S/C24H27F3N6O3/c1-31-20-5-3-17(36-24(25,26)27)6-14(20)8-21(31)23(35)33-11-15-9-32(10-16(15)12-33)22(34)13-2-4-18(28)19(7-13)30-29/h3,5-6,8,13,15-16,29H,2,4,7,9-12,28H2,1H3/t13-,15+,16+/m1/s1.